The summed E-state index contributed by atoms with van der Waals surface area (Å²) in [4.78, 5) is 30.7. The Morgan fingerprint density at radius 3 is 2.82 bits per heavy atom. The van der Waals surface area contributed by atoms with E-state index in [9.17, 15) is 9.59 Å². The number of aromatic nitrogens is 1. The highest BCUT2D eigenvalue weighted by Gasteiger charge is 2.35. The number of pyridine rings is 1. The smallest absolute Gasteiger partial charge is 0.229 e. The quantitative estimate of drug-likeness (QED) is 0.700. The summed E-state index contributed by atoms with van der Waals surface area (Å²) in [7, 11) is 3.17. The van der Waals surface area contributed by atoms with E-state index in [1.165, 1.54) is 6.20 Å². The highest BCUT2D eigenvalue weighted by molar-refractivity contribution is 6.03. The molecule has 0 bridgehead atoms. The summed E-state index contributed by atoms with van der Waals surface area (Å²) in [5.41, 5.74) is 1.27. The van der Waals surface area contributed by atoms with Crippen LogP contribution < -0.4 is 19.7 Å². The van der Waals surface area contributed by atoms with Gasteiger partial charge in [0.25, 0.3) is 0 Å². The summed E-state index contributed by atoms with van der Waals surface area (Å²) in [5.74, 6) is 0.380. The van der Waals surface area contributed by atoms with Gasteiger partial charge in [0.05, 0.1) is 31.5 Å². The molecule has 148 valence electrons. The van der Waals surface area contributed by atoms with Crippen LogP contribution in [0.3, 0.4) is 0 Å². The monoisotopic (exact) mass is 385 g/mol. The molecule has 1 aromatic heterocycles. The van der Waals surface area contributed by atoms with Crippen molar-refractivity contribution >= 4 is 23.2 Å². The normalized spacial score (nSPS) is 16.1. The van der Waals surface area contributed by atoms with Crippen molar-refractivity contribution in [3.05, 3.63) is 42.6 Å². The number of hydrogen-bond acceptors (Lipinski definition) is 6. The van der Waals surface area contributed by atoms with Crippen LogP contribution in [0.2, 0.25) is 0 Å². The number of carbonyl (C=O) groups is 2. The maximum Gasteiger partial charge on any atom is 0.229 e. The summed E-state index contributed by atoms with van der Waals surface area (Å²) in [6.07, 6.45) is 1.69. The van der Waals surface area contributed by atoms with E-state index in [4.69, 9.17) is 14.2 Å². The van der Waals surface area contributed by atoms with Crippen molar-refractivity contribution in [1.29, 1.82) is 0 Å². The minimum Gasteiger partial charge on any atom is -0.497 e. The molecule has 2 aromatic rings. The molecular formula is C20H23N3O5. The van der Waals surface area contributed by atoms with Gasteiger partial charge >= 0.3 is 0 Å². The Bertz CT molecular complexity index is 825. The molecule has 2 amide bonds. The third-order valence-corrected chi connectivity index (χ3v) is 4.40. The number of anilines is 2. The molecule has 2 heterocycles. The third-order valence-electron chi connectivity index (χ3n) is 4.40. The summed E-state index contributed by atoms with van der Waals surface area (Å²) in [6.45, 7) is 1.20. The van der Waals surface area contributed by atoms with Gasteiger partial charge in [-0.2, -0.15) is 0 Å². The average Bonchev–Trinajstić information content (AvgIpc) is 3.11. The van der Waals surface area contributed by atoms with Crippen LogP contribution in [0.5, 0.6) is 11.6 Å². The molecule has 0 aliphatic carbocycles. The minimum atomic E-state index is -0.434. The lowest BCUT2D eigenvalue weighted by molar-refractivity contribution is -0.122. The molecule has 1 saturated heterocycles. The number of carbonyl (C=O) groups excluding carboxylic acids is 2. The number of benzene rings is 1. The van der Waals surface area contributed by atoms with Crippen molar-refractivity contribution in [1.82, 2.24) is 4.98 Å². The van der Waals surface area contributed by atoms with Gasteiger partial charge in [-0.05, 0) is 18.2 Å². The third kappa shape index (κ3) is 4.77. The minimum absolute atomic E-state index is 0.0894. The summed E-state index contributed by atoms with van der Waals surface area (Å²) in [5, 5.41) is 2.81. The van der Waals surface area contributed by atoms with Gasteiger partial charge in [0.15, 0.2) is 0 Å². The zero-order valence-corrected chi connectivity index (χ0v) is 15.9. The van der Waals surface area contributed by atoms with E-state index in [0.717, 1.165) is 5.69 Å². The van der Waals surface area contributed by atoms with Crippen LogP contribution in [0.25, 0.3) is 0 Å². The second kappa shape index (κ2) is 9.18. The molecule has 0 radical (unpaired) electrons. The number of nitrogens with zero attached hydrogens (tertiary/aromatic N) is 2. The molecule has 3 rings (SSSR count). The fraction of sp³-hybridized carbons (Fsp3) is 0.350. The van der Waals surface area contributed by atoms with Gasteiger partial charge in [0.1, 0.15) is 12.4 Å². The number of methoxy groups -OCH3 is 2. The molecule has 1 atom stereocenters. The topological polar surface area (TPSA) is 90.0 Å². The van der Waals surface area contributed by atoms with Crippen molar-refractivity contribution in [2.24, 2.45) is 5.92 Å². The van der Waals surface area contributed by atoms with Crippen molar-refractivity contribution in [3.8, 4) is 11.6 Å². The molecule has 28 heavy (non-hydrogen) atoms. The van der Waals surface area contributed by atoms with Crippen LogP contribution in [-0.4, -0.2) is 50.8 Å². The van der Waals surface area contributed by atoms with Crippen molar-refractivity contribution in [3.63, 3.8) is 0 Å². The van der Waals surface area contributed by atoms with Crippen LogP contribution in [0, 0.1) is 5.92 Å². The number of rotatable bonds is 8. The Hall–Kier alpha value is -3.13. The van der Waals surface area contributed by atoms with Crippen LogP contribution in [0.15, 0.2) is 42.6 Å². The van der Waals surface area contributed by atoms with Crippen molar-refractivity contribution in [2.75, 3.05) is 44.2 Å². The molecule has 1 fully saturated rings. The van der Waals surface area contributed by atoms with E-state index < -0.39 is 5.92 Å². The lowest BCUT2D eigenvalue weighted by atomic mass is 10.1. The van der Waals surface area contributed by atoms with E-state index >= 15 is 0 Å². The maximum absolute atomic E-state index is 12.6. The first-order chi connectivity index (χ1) is 13.6. The lowest BCUT2D eigenvalue weighted by Gasteiger charge is -2.17. The van der Waals surface area contributed by atoms with Gasteiger partial charge in [0, 0.05) is 37.9 Å². The zero-order valence-electron chi connectivity index (χ0n) is 15.9. The SMILES string of the molecule is COCCOc1ccc(NC(=O)C2CC(=O)N(c3cccc(OC)c3)C2)cn1. The molecule has 1 aliphatic rings. The summed E-state index contributed by atoms with van der Waals surface area (Å²) in [6, 6.07) is 10.6. The highest BCUT2D eigenvalue weighted by atomic mass is 16.5. The van der Waals surface area contributed by atoms with Gasteiger partial charge in [-0.15, -0.1) is 0 Å². The van der Waals surface area contributed by atoms with E-state index in [2.05, 4.69) is 10.3 Å². The van der Waals surface area contributed by atoms with E-state index in [1.807, 2.05) is 18.2 Å². The zero-order chi connectivity index (χ0) is 19.9. The van der Waals surface area contributed by atoms with Gasteiger partial charge in [-0.25, -0.2) is 4.98 Å². The van der Waals surface area contributed by atoms with E-state index in [1.54, 1.807) is 37.3 Å². The number of nitrogens with one attached hydrogen (secondary N) is 1. The highest BCUT2D eigenvalue weighted by Crippen LogP contribution is 2.28. The lowest BCUT2D eigenvalue weighted by Crippen LogP contribution is -2.28. The summed E-state index contributed by atoms with van der Waals surface area (Å²) >= 11 is 0. The van der Waals surface area contributed by atoms with Gasteiger partial charge < -0.3 is 24.4 Å². The van der Waals surface area contributed by atoms with E-state index in [-0.39, 0.29) is 18.2 Å². The summed E-state index contributed by atoms with van der Waals surface area (Å²) < 4.78 is 15.5. The Labute approximate surface area is 163 Å². The fourth-order valence-corrected chi connectivity index (χ4v) is 2.92. The Morgan fingerprint density at radius 2 is 2.11 bits per heavy atom. The molecule has 1 aromatic carbocycles. The Balaban J connectivity index is 1.58. The van der Waals surface area contributed by atoms with E-state index in [0.29, 0.717) is 37.1 Å². The average molecular weight is 385 g/mol. The molecule has 8 heteroatoms. The standard InChI is InChI=1S/C20H23N3O5/c1-26-8-9-28-18-7-6-15(12-21-18)22-20(25)14-10-19(24)23(13-14)16-4-3-5-17(11-16)27-2/h3-7,11-12,14H,8-10,13H2,1-2H3,(H,22,25). The molecule has 8 nitrogen and oxygen atoms in total. The van der Waals surface area contributed by atoms with Crippen LogP contribution in [-0.2, 0) is 14.3 Å². The number of hydrogen-bond donors (Lipinski definition) is 1. The van der Waals surface area contributed by atoms with Crippen LogP contribution in [0.1, 0.15) is 6.42 Å². The number of ether oxygens (including phenoxy) is 3. The Kier molecular flexibility index (Phi) is 6.44. The molecule has 1 unspecified atom stereocenters. The Morgan fingerprint density at radius 1 is 1.25 bits per heavy atom. The molecular weight excluding hydrogens is 362 g/mol. The predicted molar refractivity (Wildman–Crippen MR) is 104 cm³/mol. The van der Waals surface area contributed by atoms with Crippen molar-refractivity contribution in [2.45, 2.75) is 6.42 Å². The van der Waals surface area contributed by atoms with Crippen LogP contribution in [0.4, 0.5) is 11.4 Å². The molecule has 0 spiro atoms. The fourth-order valence-electron chi connectivity index (χ4n) is 2.92. The van der Waals surface area contributed by atoms with Gasteiger partial charge in [0.2, 0.25) is 17.7 Å². The first-order valence-electron chi connectivity index (χ1n) is 8.94. The molecule has 1 aliphatic heterocycles. The predicted octanol–water partition coefficient (Wildman–Crippen LogP) is 2.11. The molecule has 0 saturated carbocycles. The number of amides is 2. The first-order valence-corrected chi connectivity index (χ1v) is 8.94. The molecule has 1 N–H and O–H groups in total. The van der Waals surface area contributed by atoms with Gasteiger partial charge in [-0.3, -0.25) is 9.59 Å². The second-order valence-corrected chi connectivity index (χ2v) is 6.32. The second-order valence-electron chi connectivity index (χ2n) is 6.32. The van der Waals surface area contributed by atoms with Crippen molar-refractivity contribution < 1.29 is 23.8 Å². The van der Waals surface area contributed by atoms with Crippen LogP contribution >= 0.6 is 0 Å². The largest absolute Gasteiger partial charge is 0.497 e. The first kappa shape index (κ1) is 19.6. The maximum atomic E-state index is 12.6. The van der Waals surface area contributed by atoms with Gasteiger partial charge in [-0.1, -0.05) is 6.07 Å².